The Bertz CT molecular complexity index is 431. The Balaban J connectivity index is 2.20. The second-order valence-electron chi connectivity index (χ2n) is 5.52. The smallest absolute Gasteiger partial charge is 0.197 e. The molecule has 2 rings (SSSR count). The van der Waals surface area contributed by atoms with Crippen LogP contribution in [0.25, 0.3) is 0 Å². The van der Waals surface area contributed by atoms with E-state index in [-0.39, 0.29) is 5.78 Å². The van der Waals surface area contributed by atoms with E-state index in [1.54, 1.807) is 10.9 Å². The highest BCUT2D eigenvalue weighted by atomic mass is 16.5. The molecular formula is C15H24N2O2. The van der Waals surface area contributed by atoms with Gasteiger partial charge in [0, 0.05) is 19.3 Å². The van der Waals surface area contributed by atoms with Gasteiger partial charge in [0.1, 0.15) is 5.60 Å². The molecule has 0 bridgehead atoms. The maximum Gasteiger partial charge on any atom is 0.197 e. The molecule has 1 aliphatic carbocycles. The van der Waals surface area contributed by atoms with Crippen LogP contribution in [0.5, 0.6) is 0 Å². The number of carbonyl (C=O) groups is 1. The highest BCUT2D eigenvalue weighted by molar-refractivity contribution is 6.02. The number of aryl methyl sites for hydroxylation is 1. The molecule has 1 aromatic heterocycles. The van der Waals surface area contributed by atoms with Crippen LogP contribution in [0, 0.1) is 5.92 Å². The predicted octanol–water partition coefficient (Wildman–Crippen LogP) is 3.07. The molecule has 1 heterocycles. The Morgan fingerprint density at radius 1 is 1.47 bits per heavy atom. The summed E-state index contributed by atoms with van der Waals surface area (Å²) in [4.78, 5) is 12.8. The van der Waals surface area contributed by atoms with Crippen LogP contribution >= 0.6 is 0 Å². The van der Waals surface area contributed by atoms with E-state index in [1.807, 2.05) is 20.0 Å². The quantitative estimate of drug-likeness (QED) is 0.768. The zero-order valence-electron chi connectivity index (χ0n) is 12.2. The van der Waals surface area contributed by atoms with Crippen LogP contribution in [0.4, 0.5) is 0 Å². The standard InChI is InChI=1S/C15H24N2O2/c1-4-17-11-13(10-16-17)14(18)15(19-5-2)8-6-12(3)7-9-15/h10-12H,4-9H2,1-3H3. The fourth-order valence-electron chi connectivity index (χ4n) is 2.86. The first-order chi connectivity index (χ1) is 9.11. The topological polar surface area (TPSA) is 44.1 Å². The average Bonchev–Trinajstić information content (AvgIpc) is 2.90. The van der Waals surface area contributed by atoms with Crippen molar-refractivity contribution in [1.82, 2.24) is 9.78 Å². The van der Waals surface area contributed by atoms with Crippen LogP contribution in [0.1, 0.15) is 56.8 Å². The molecule has 1 saturated carbocycles. The van der Waals surface area contributed by atoms with E-state index in [0.717, 1.165) is 32.2 Å². The fraction of sp³-hybridized carbons (Fsp3) is 0.733. The molecule has 4 heteroatoms. The first-order valence-electron chi connectivity index (χ1n) is 7.32. The molecule has 0 unspecified atom stereocenters. The molecule has 19 heavy (non-hydrogen) atoms. The Kier molecular flexibility index (Phi) is 4.40. The molecule has 0 radical (unpaired) electrons. The van der Waals surface area contributed by atoms with E-state index in [0.29, 0.717) is 18.1 Å². The number of nitrogens with zero attached hydrogens (tertiary/aromatic N) is 2. The van der Waals surface area contributed by atoms with E-state index in [9.17, 15) is 4.79 Å². The Hall–Kier alpha value is -1.16. The number of Topliss-reactive ketones (excluding diaryl/α,β-unsaturated/α-hetero) is 1. The van der Waals surface area contributed by atoms with Gasteiger partial charge in [-0.15, -0.1) is 0 Å². The number of rotatable bonds is 5. The van der Waals surface area contributed by atoms with Gasteiger partial charge in [-0.1, -0.05) is 6.92 Å². The summed E-state index contributed by atoms with van der Waals surface area (Å²) in [7, 11) is 0. The summed E-state index contributed by atoms with van der Waals surface area (Å²) >= 11 is 0. The summed E-state index contributed by atoms with van der Waals surface area (Å²) < 4.78 is 7.68. The lowest BCUT2D eigenvalue weighted by molar-refractivity contribution is -0.0474. The summed E-state index contributed by atoms with van der Waals surface area (Å²) in [6.45, 7) is 7.59. The van der Waals surface area contributed by atoms with Crippen LogP contribution in [0.3, 0.4) is 0 Å². The molecular weight excluding hydrogens is 240 g/mol. The van der Waals surface area contributed by atoms with Gasteiger partial charge in [-0.2, -0.15) is 5.10 Å². The fourth-order valence-corrected chi connectivity index (χ4v) is 2.86. The zero-order chi connectivity index (χ0) is 13.9. The summed E-state index contributed by atoms with van der Waals surface area (Å²) in [6.07, 6.45) is 7.30. The number of carbonyl (C=O) groups excluding carboxylic acids is 1. The minimum atomic E-state index is -0.608. The van der Waals surface area contributed by atoms with Crippen molar-refractivity contribution in [2.45, 2.75) is 58.6 Å². The minimum absolute atomic E-state index is 0.112. The number of ketones is 1. The molecule has 106 valence electrons. The number of ether oxygens (including phenoxy) is 1. The summed E-state index contributed by atoms with van der Waals surface area (Å²) in [5.74, 6) is 0.806. The maximum absolute atomic E-state index is 12.8. The molecule has 0 saturated heterocycles. The van der Waals surface area contributed by atoms with Crippen molar-refractivity contribution in [3.05, 3.63) is 18.0 Å². The monoisotopic (exact) mass is 264 g/mol. The third-order valence-corrected chi connectivity index (χ3v) is 4.14. The highest BCUT2D eigenvalue weighted by Crippen LogP contribution is 2.37. The maximum atomic E-state index is 12.8. The van der Waals surface area contributed by atoms with Crippen molar-refractivity contribution in [3.63, 3.8) is 0 Å². The van der Waals surface area contributed by atoms with Gasteiger partial charge in [0.15, 0.2) is 5.78 Å². The number of hydrogen-bond donors (Lipinski definition) is 0. The van der Waals surface area contributed by atoms with Gasteiger partial charge in [0.25, 0.3) is 0 Å². The molecule has 0 amide bonds. The van der Waals surface area contributed by atoms with Crippen molar-refractivity contribution < 1.29 is 9.53 Å². The van der Waals surface area contributed by atoms with Gasteiger partial charge in [-0.3, -0.25) is 9.48 Å². The molecule has 0 spiro atoms. The zero-order valence-corrected chi connectivity index (χ0v) is 12.2. The molecule has 4 nitrogen and oxygen atoms in total. The van der Waals surface area contributed by atoms with Crippen molar-refractivity contribution in [3.8, 4) is 0 Å². The van der Waals surface area contributed by atoms with Gasteiger partial charge in [-0.25, -0.2) is 0 Å². The first-order valence-corrected chi connectivity index (χ1v) is 7.32. The van der Waals surface area contributed by atoms with E-state index >= 15 is 0 Å². The Labute approximate surface area is 115 Å². The van der Waals surface area contributed by atoms with Gasteiger partial charge >= 0.3 is 0 Å². The Morgan fingerprint density at radius 3 is 2.68 bits per heavy atom. The van der Waals surface area contributed by atoms with Crippen LogP contribution in [0.2, 0.25) is 0 Å². The first kappa shape index (κ1) is 14.3. The van der Waals surface area contributed by atoms with Crippen LogP contribution in [-0.2, 0) is 11.3 Å². The van der Waals surface area contributed by atoms with Gasteiger partial charge in [-0.05, 0) is 45.4 Å². The predicted molar refractivity (Wildman–Crippen MR) is 74.2 cm³/mol. The van der Waals surface area contributed by atoms with Crippen molar-refractivity contribution >= 4 is 5.78 Å². The minimum Gasteiger partial charge on any atom is -0.367 e. The molecule has 0 aliphatic heterocycles. The second-order valence-corrected chi connectivity index (χ2v) is 5.52. The molecule has 0 aromatic carbocycles. The Morgan fingerprint density at radius 2 is 2.16 bits per heavy atom. The lowest BCUT2D eigenvalue weighted by atomic mass is 9.76. The number of hydrogen-bond acceptors (Lipinski definition) is 3. The van der Waals surface area contributed by atoms with Gasteiger partial charge in [0.2, 0.25) is 0 Å². The molecule has 1 aliphatic rings. The highest BCUT2D eigenvalue weighted by Gasteiger charge is 2.42. The number of aromatic nitrogens is 2. The molecule has 1 fully saturated rings. The van der Waals surface area contributed by atoms with Crippen molar-refractivity contribution in [1.29, 1.82) is 0 Å². The lowest BCUT2D eigenvalue weighted by Gasteiger charge is -2.37. The summed E-state index contributed by atoms with van der Waals surface area (Å²) in [5.41, 5.74) is 0.0768. The van der Waals surface area contributed by atoms with Crippen LogP contribution < -0.4 is 0 Å². The third kappa shape index (κ3) is 2.89. The van der Waals surface area contributed by atoms with E-state index < -0.39 is 5.60 Å². The van der Waals surface area contributed by atoms with E-state index in [2.05, 4.69) is 12.0 Å². The molecule has 0 N–H and O–H groups in total. The second kappa shape index (κ2) is 5.87. The summed E-state index contributed by atoms with van der Waals surface area (Å²) in [5, 5.41) is 4.20. The van der Waals surface area contributed by atoms with E-state index in [4.69, 9.17) is 4.74 Å². The van der Waals surface area contributed by atoms with Crippen molar-refractivity contribution in [2.24, 2.45) is 5.92 Å². The van der Waals surface area contributed by atoms with Crippen LogP contribution in [-0.4, -0.2) is 27.8 Å². The summed E-state index contributed by atoms with van der Waals surface area (Å²) in [6, 6.07) is 0. The SMILES string of the molecule is CCOC1(C(=O)c2cnn(CC)c2)CCC(C)CC1. The average molecular weight is 264 g/mol. The molecule has 0 atom stereocenters. The third-order valence-electron chi connectivity index (χ3n) is 4.14. The molecule has 1 aromatic rings. The van der Waals surface area contributed by atoms with E-state index in [1.165, 1.54) is 0 Å². The van der Waals surface area contributed by atoms with Gasteiger partial charge < -0.3 is 4.74 Å². The largest absolute Gasteiger partial charge is 0.367 e. The normalized spacial score (nSPS) is 27.4. The van der Waals surface area contributed by atoms with Gasteiger partial charge in [0.05, 0.1) is 11.8 Å². The lowest BCUT2D eigenvalue weighted by Crippen LogP contribution is -2.44. The van der Waals surface area contributed by atoms with Crippen molar-refractivity contribution in [2.75, 3.05) is 6.61 Å². The van der Waals surface area contributed by atoms with Crippen LogP contribution in [0.15, 0.2) is 12.4 Å².